The van der Waals surface area contributed by atoms with Crippen molar-refractivity contribution in [2.75, 3.05) is 24.2 Å². The van der Waals surface area contributed by atoms with Gasteiger partial charge >= 0.3 is 0 Å². The average Bonchev–Trinajstić information content (AvgIpc) is 2.60. The summed E-state index contributed by atoms with van der Waals surface area (Å²) in [7, 11) is -1.92. The van der Waals surface area contributed by atoms with Crippen LogP contribution in [0.1, 0.15) is 28.4 Å². The Morgan fingerprint density at radius 2 is 1.81 bits per heavy atom. The van der Waals surface area contributed by atoms with Gasteiger partial charge in [-0.2, -0.15) is 0 Å². The highest BCUT2D eigenvalue weighted by Gasteiger charge is 2.16. The van der Waals surface area contributed by atoms with Crippen LogP contribution in [0.25, 0.3) is 0 Å². The summed E-state index contributed by atoms with van der Waals surface area (Å²) in [5.41, 5.74) is 2.62. The Balaban J connectivity index is 2.10. The molecule has 2 aromatic rings. The maximum absolute atomic E-state index is 12.4. The highest BCUT2D eigenvalue weighted by molar-refractivity contribution is 7.92. The predicted octanol–water partition coefficient (Wildman–Crippen LogP) is 2.72. The van der Waals surface area contributed by atoms with Crippen LogP contribution in [0.15, 0.2) is 42.5 Å². The van der Waals surface area contributed by atoms with Crippen LogP contribution in [0.5, 0.6) is 5.75 Å². The Morgan fingerprint density at radius 1 is 1.15 bits per heavy atom. The maximum Gasteiger partial charge on any atom is 0.251 e. The molecule has 1 amide bonds. The van der Waals surface area contributed by atoms with E-state index in [9.17, 15) is 13.2 Å². The van der Waals surface area contributed by atoms with Gasteiger partial charge in [0.15, 0.2) is 0 Å². The van der Waals surface area contributed by atoms with Gasteiger partial charge in [0.2, 0.25) is 10.0 Å². The first kappa shape index (κ1) is 19.8. The van der Waals surface area contributed by atoms with Gasteiger partial charge in [-0.05, 0) is 49.2 Å². The maximum atomic E-state index is 12.4. The molecule has 0 aliphatic heterocycles. The molecule has 0 unspecified atom stereocenters. The second-order valence-electron chi connectivity index (χ2n) is 5.99. The van der Waals surface area contributed by atoms with Gasteiger partial charge in [0.05, 0.1) is 18.6 Å². The number of hydrogen-bond acceptors (Lipinski definition) is 4. The first-order chi connectivity index (χ1) is 12.2. The van der Waals surface area contributed by atoms with Gasteiger partial charge in [0, 0.05) is 19.2 Å². The van der Waals surface area contributed by atoms with Crippen molar-refractivity contribution in [2.45, 2.75) is 20.4 Å². The van der Waals surface area contributed by atoms with E-state index in [-0.39, 0.29) is 5.91 Å². The molecule has 140 valence electrons. The zero-order chi connectivity index (χ0) is 19.3. The molecule has 1 N–H and O–H groups in total. The van der Waals surface area contributed by atoms with Crippen molar-refractivity contribution >= 4 is 21.6 Å². The summed E-state index contributed by atoms with van der Waals surface area (Å²) in [5.74, 6) is 0.525. The van der Waals surface area contributed by atoms with Crippen LogP contribution in [-0.2, 0) is 16.6 Å². The smallest absolute Gasteiger partial charge is 0.251 e. The number of ether oxygens (including phenoxy) is 1. The molecule has 0 saturated carbocycles. The monoisotopic (exact) mass is 376 g/mol. The molecule has 0 atom stereocenters. The molecular formula is C19H24N2O4S. The van der Waals surface area contributed by atoms with Crippen molar-refractivity contribution < 1.29 is 17.9 Å². The van der Waals surface area contributed by atoms with E-state index >= 15 is 0 Å². The molecule has 7 heteroatoms. The van der Waals surface area contributed by atoms with E-state index in [2.05, 4.69) is 5.32 Å². The summed E-state index contributed by atoms with van der Waals surface area (Å²) in [6.07, 6.45) is 1.13. The molecule has 0 aliphatic rings. The van der Waals surface area contributed by atoms with Crippen molar-refractivity contribution in [1.82, 2.24) is 5.32 Å². The highest BCUT2D eigenvalue weighted by Crippen LogP contribution is 2.22. The molecule has 2 aromatic carbocycles. The van der Waals surface area contributed by atoms with Crippen LogP contribution in [0.2, 0.25) is 0 Å². The third-order valence-corrected chi connectivity index (χ3v) is 5.19. The number of aryl methyl sites for hydroxylation is 1. The summed E-state index contributed by atoms with van der Waals surface area (Å²) >= 11 is 0. The number of amides is 1. The van der Waals surface area contributed by atoms with Crippen molar-refractivity contribution in [2.24, 2.45) is 0 Å². The lowest BCUT2D eigenvalue weighted by Gasteiger charge is -2.19. The van der Waals surface area contributed by atoms with Gasteiger partial charge in [-0.25, -0.2) is 8.42 Å². The Labute approximate surface area is 154 Å². The summed E-state index contributed by atoms with van der Waals surface area (Å²) in [4.78, 5) is 12.4. The average molecular weight is 376 g/mol. The second kappa shape index (κ2) is 8.23. The summed E-state index contributed by atoms with van der Waals surface area (Å²) in [5, 5.41) is 2.84. The van der Waals surface area contributed by atoms with Crippen molar-refractivity contribution in [3.8, 4) is 5.75 Å². The number of anilines is 1. The summed E-state index contributed by atoms with van der Waals surface area (Å²) in [6, 6.07) is 12.5. The number of nitrogens with one attached hydrogen (secondary N) is 1. The Bertz CT molecular complexity index is 877. The van der Waals surface area contributed by atoms with Crippen molar-refractivity contribution in [3.05, 3.63) is 59.2 Å². The summed E-state index contributed by atoms with van der Waals surface area (Å²) < 4.78 is 30.1. The van der Waals surface area contributed by atoms with E-state index in [4.69, 9.17) is 4.74 Å². The Kier molecular flexibility index (Phi) is 6.26. The van der Waals surface area contributed by atoms with Gasteiger partial charge in [-0.15, -0.1) is 0 Å². The molecule has 0 heterocycles. The van der Waals surface area contributed by atoms with Crippen LogP contribution in [0, 0.1) is 6.92 Å². The van der Waals surface area contributed by atoms with Gasteiger partial charge in [0.1, 0.15) is 5.75 Å². The third kappa shape index (κ3) is 4.98. The number of sulfonamides is 1. The van der Waals surface area contributed by atoms with E-state index in [1.165, 1.54) is 11.4 Å². The van der Waals surface area contributed by atoms with Crippen LogP contribution in [0.3, 0.4) is 0 Å². The minimum absolute atomic E-state index is 0.262. The molecule has 0 aliphatic carbocycles. The molecule has 26 heavy (non-hydrogen) atoms. The molecule has 0 aromatic heterocycles. The first-order valence-corrected chi connectivity index (χ1v) is 10.1. The lowest BCUT2D eigenvalue weighted by atomic mass is 10.1. The van der Waals surface area contributed by atoms with E-state index in [0.717, 1.165) is 23.1 Å². The first-order valence-electron chi connectivity index (χ1n) is 8.27. The van der Waals surface area contributed by atoms with Crippen LogP contribution < -0.4 is 14.4 Å². The number of nitrogens with zero attached hydrogens (tertiary/aromatic N) is 1. The molecule has 6 nitrogen and oxygen atoms in total. The SMILES string of the molecule is CCOc1ccc(CNC(=O)c2ccc(C)c(N(C)S(C)(=O)=O)c2)cc1. The van der Waals surface area contributed by atoms with E-state index in [0.29, 0.717) is 24.4 Å². The number of hydrogen-bond donors (Lipinski definition) is 1. The zero-order valence-corrected chi connectivity index (χ0v) is 16.3. The fourth-order valence-electron chi connectivity index (χ4n) is 2.42. The normalized spacial score (nSPS) is 11.1. The molecule has 2 rings (SSSR count). The van der Waals surface area contributed by atoms with Gasteiger partial charge < -0.3 is 10.1 Å². The van der Waals surface area contributed by atoms with Gasteiger partial charge in [-0.3, -0.25) is 9.10 Å². The highest BCUT2D eigenvalue weighted by atomic mass is 32.2. The van der Waals surface area contributed by atoms with E-state index in [1.54, 1.807) is 25.1 Å². The van der Waals surface area contributed by atoms with Crippen LogP contribution in [0.4, 0.5) is 5.69 Å². The van der Waals surface area contributed by atoms with Crippen molar-refractivity contribution in [1.29, 1.82) is 0 Å². The van der Waals surface area contributed by atoms with Gasteiger partial charge in [-0.1, -0.05) is 18.2 Å². The minimum atomic E-state index is -3.40. The fraction of sp³-hybridized carbons (Fsp3) is 0.316. The quantitative estimate of drug-likeness (QED) is 0.806. The standard InChI is InChI=1S/C19H24N2O4S/c1-5-25-17-10-7-15(8-11-17)13-20-19(22)16-9-6-14(2)18(12-16)21(3)26(4,23)24/h6-12H,5,13H2,1-4H3,(H,20,22). The molecule has 0 bridgehead atoms. The Hall–Kier alpha value is -2.54. The van der Waals surface area contributed by atoms with E-state index < -0.39 is 10.0 Å². The lowest BCUT2D eigenvalue weighted by Crippen LogP contribution is -2.27. The van der Waals surface area contributed by atoms with Crippen LogP contribution in [-0.4, -0.2) is 34.2 Å². The minimum Gasteiger partial charge on any atom is -0.494 e. The molecule has 0 radical (unpaired) electrons. The zero-order valence-electron chi connectivity index (χ0n) is 15.4. The molecular weight excluding hydrogens is 352 g/mol. The molecule has 0 saturated heterocycles. The van der Waals surface area contributed by atoms with Crippen LogP contribution >= 0.6 is 0 Å². The number of carbonyl (C=O) groups excluding carboxylic acids is 1. The lowest BCUT2D eigenvalue weighted by molar-refractivity contribution is 0.0951. The number of rotatable bonds is 7. The van der Waals surface area contributed by atoms with Gasteiger partial charge in [0.25, 0.3) is 5.91 Å². The third-order valence-electron chi connectivity index (χ3n) is 4.00. The largest absolute Gasteiger partial charge is 0.494 e. The molecule has 0 fully saturated rings. The summed E-state index contributed by atoms with van der Waals surface area (Å²) in [6.45, 7) is 4.70. The predicted molar refractivity (Wildman–Crippen MR) is 103 cm³/mol. The van der Waals surface area contributed by atoms with E-state index in [1.807, 2.05) is 31.2 Å². The number of carbonyl (C=O) groups is 1. The topological polar surface area (TPSA) is 75.7 Å². The fourth-order valence-corrected chi connectivity index (χ4v) is 2.98. The molecule has 0 spiro atoms. The Morgan fingerprint density at radius 3 is 2.38 bits per heavy atom. The number of benzene rings is 2. The van der Waals surface area contributed by atoms with Crippen molar-refractivity contribution in [3.63, 3.8) is 0 Å². The second-order valence-corrected chi connectivity index (χ2v) is 8.01.